The molecule has 23 heavy (non-hydrogen) atoms. The van der Waals surface area contributed by atoms with Crippen LogP contribution >= 0.6 is 0 Å². The number of hydrogen-bond acceptors (Lipinski definition) is 4. The Morgan fingerprint density at radius 1 is 1.26 bits per heavy atom. The molecule has 2 fully saturated rings. The Morgan fingerprint density at radius 3 is 2.78 bits per heavy atom. The average molecular weight is 317 g/mol. The van der Waals surface area contributed by atoms with Gasteiger partial charge in [0.25, 0.3) is 5.91 Å². The molecular formula is C18H27N3O2. The second-order valence-corrected chi connectivity index (χ2v) is 6.49. The van der Waals surface area contributed by atoms with Crippen molar-refractivity contribution in [2.75, 3.05) is 36.5 Å². The van der Waals surface area contributed by atoms with Crippen LogP contribution in [0, 0.1) is 0 Å². The molecule has 3 N–H and O–H groups in total. The van der Waals surface area contributed by atoms with Gasteiger partial charge in [-0.1, -0.05) is 0 Å². The molecule has 0 saturated carbocycles. The number of ether oxygens (including phenoxy) is 1. The predicted octanol–water partition coefficient (Wildman–Crippen LogP) is 2.76. The number of rotatable bonds is 6. The molecule has 0 radical (unpaired) electrons. The van der Waals surface area contributed by atoms with Crippen molar-refractivity contribution in [2.24, 2.45) is 5.73 Å². The highest BCUT2D eigenvalue weighted by molar-refractivity contribution is 5.99. The number of primary amides is 1. The molecule has 2 aliphatic heterocycles. The number of carbonyl (C=O) groups excluding carboxylic acids is 1. The fourth-order valence-corrected chi connectivity index (χ4v) is 3.48. The van der Waals surface area contributed by atoms with Gasteiger partial charge in [-0.15, -0.1) is 0 Å². The molecule has 1 aromatic carbocycles. The van der Waals surface area contributed by atoms with Crippen molar-refractivity contribution in [1.82, 2.24) is 0 Å². The van der Waals surface area contributed by atoms with Crippen molar-refractivity contribution < 1.29 is 9.53 Å². The largest absolute Gasteiger partial charge is 0.384 e. The fourth-order valence-electron chi connectivity index (χ4n) is 3.48. The summed E-state index contributed by atoms with van der Waals surface area (Å²) in [5.41, 5.74) is 8.10. The summed E-state index contributed by atoms with van der Waals surface area (Å²) in [5, 5.41) is 3.35. The molecule has 3 rings (SSSR count). The van der Waals surface area contributed by atoms with Gasteiger partial charge in [0.2, 0.25) is 0 Å². The monoisotopic (exact) mass is 317 g/mol. The van der Waals surface area contributed by atoms with Crippen LogP contribution in [0.5, 0.6) is 0 Å². The van der Waals surface area contributed by atoms with E-state index in [1.165, 1.54) is 19.3 Å². The number of hydrogen-bond donors (Lipinski definition) is 2. The van der Waals surface area contributed by atoms with Crippen molar-refractivity contribution in [1.29, 1.82) is 0 Å². The minimum atomic E-state index is -0.372. The molecule has 1 atom stereocenters. The van der Waals surface area contributed by atoms with Gasteiger partial charge in [-0.3, -0.25) is 4.79 Å². The highest BCUT2D eigenvalue weighted by atomic mass is 16.5. The third-order valence-electron chi connectivity index (χ3n) is 4.80. The molecule has 0 aliphatic carbocycles. The Labute approximate surface area is 138 Å². The van der Waals surface area contributed by atoms with Crippen LogP contribution in [-0.2, 0) is 4.74 Å². The zero-order valence-electron chi connectivity index (χ0n) is 13.7. The van der Waals surface area contributed by atoms with Crippen LogP contribution in [0.4, 0.5) is 11.4 Å². The summed E-state index contributed by atoms with van der Waals surface area (Å²) < 4.78 is 5.63. The van der Waals surface area contributed by atoms with Gasteiger partial charge in [0, 0.05) is 37.6 Å². The number of piperidine rings is 1. The second-order valence-electron chi connectivity index (χ2n) is 6.49. The van der Waals surface area contributed by atoms with E-state index < -0.39 is 0 Å². The number of nitrogens with one attached hydrogen (secondary N) is 1. The third kappa shape index (κ3) is 4.16. The molecule has 2 saturated heterocycles. The number of nitrogens with zero attached hydrogens (tertiary/aromatic N) is 1. The highest BCUT2D eigenvalue weighted by Crippen LogP contribution is 2.26. The van der Waals surface area contributed by atoms with Crippen molar-refractivity contribution in [3.8, 4) is 0 Å². The van der Waals surface area contributed by atoms with Gasteiger partial charge in [0.15, 0.2) is 0 Å². The van der Waals surface area contributed by atoms with E-state index in [9.17, 15) is 4.79 Å². The summed E-state index contributed by atoms with van der Waals surface area (Å²) in [6, 6.07) is 6.01. The van der Waals surface area contributed by atoms with Crippen LogP contribution in [0.15, 0.2) is 18.2 Å². The molecule has 0 aromatic heterocycles. The zero-order chi connectivity index (χ0) is 16.1. The second kappa shape index (κ2) is 7.68. The smallest absolute Gasteiger partial charge is 0.250 e. The van der Waals surface area contributed by atoms with E-state index in [0.29, 0.717) is 11.7 Å². The van der Waals surface area contributed by atoms with Crippen molar-refractivity contribution >= 4 is 17.3 Å². The van der Waals surface area contributed by atoms with Gasteiger partial charge in [0.1, 0.15) is 0 Å². The van der Waals surface area contributed by atoms with E-state index >= 15 is 0 Å². The summed E-state index contributed by atoms with van der Waals surface area (Å²) in [7, 11) is 0. The number of nitrogens with two attached hydrogens (primary N) is 1. The Morgan fingerprint density at radius 2 is 2.09 bits per heavy atom. The lowest BCUT2D eigenvalue weighted by Crippen LogP contribution is -2.29. The summed E-state index contributed by atoms with van der Waals surface area (Å²) in [6.07, 6.45) is 7.33. The first-order chi connectivity index (χ1) is 11.2. The Bertz CT molecular complexity index is 535. The summed E-state index contributed by atoms with van der Waals surface area (Å²) in [4.78, 5) is 14.2. The maximum Gasteiger partial charge on any atom is 0.250 e. The molecule has 0 spiro atoms. The van der Waals surface area contributed by atoms with Crippen LogP contribution in [0.3, 0.4) is 0 Å². The average Bonchev–Trinajstić information content (AvgIpc) is 3.09. The molecule has 5 heteroatoms. The lowest BCUT2D eigenvalue weighted by atomic mass is 10.1. The van der Waals surface area contributed by atoms with Crippen molar-refractivity contribution in [3.05, 3.63) is 23.8 Å². The van der Waals surface area contributed by atoms with E-state index in [4.69, 9.17) is 10.5 Å². The molecule has 1 amide bonds. The normalized spacial score (nSPS) is 21.4. The summed E-state index contributed by atoms with van der Waals surface area (Å²) >= 11 is 0. The number of carbonyl (C=O) groups is 1. The topological polar surface area (TPSA) is 67.6 Å². The highest BCUT2D eigenvalue weighted by Gasteiger charge is 2.17. The van der Waals surface area contributed by atoms with Gasteiger partial charge in [0.05, 0.1) is 11.7 Å². The van der Waals surface area contributed by atoms with Crippen molar-refractivity contribution in [2.45, 2.75) is 44.6 Å². The Hall–Kier alpha value is -1.75. The molecular weight excluding hydrogens is 290 g/mol. The van der Waals surface area contributed by atoms with Crippen LogP contribution in [0.25, 0.3) is 0 Å². The van der Waals surface area contributed by atoms with E-state index in [-0.39, 0.29) is 5.91 Å². The van der Waals surface area contributed by atoms with Crippen LogP contribution < -0.4 is 16.0 Å². The van der Waals surface area contributed by atoms with E-state index in [1.807, 2.05) is 12.1 Å². The number of anilines is 2. The maximum absolute atomic E-state index is 11.8. The Balaban J connectivity index is 1.65. The molecule has 126 valence electrons. The first-order valence-electron chi connectivity index (χ1n) is 8.78. The quantitative estimate of drug-likeness (QED) is 0.846. The van der Waals surface area contributed by atoms with Gasteiger partial charge >= 0.3 is 0 Å². The van der Waals surface area contributed by atoms with Gasteiger partial charge in [-0.25, -0.2) is 0 Å². The van der Waals surface area contributed by atoms with Crippen LogP contribution in [0.2, 0.25) is 0 Å². The van der Waals surface area contributed by atoms with Gasteiger partial charge in [-0.2, -0.15) is 0 Å². The molecule has 2 heterocycles. The van der Waals surface area contributed by atoms with E-state index in [0.717, 1.165) is 56.9 Å². The number of amides is 1. The van der Waals surface area contributed by atoms with E-state index in [2.05, 4.69) is 16.3 Å². The first-order valence-corrected chi connectivity index (χ1v) is 8.78. The molecule has 5 nitrogen and oxygen atoms in total. The summed E-state index contributed by atoms with van der Waals surface area (Å²) in [5.74, 6) is -0.372. The fraction of sp³-hybridized carbons (Fsp3) is 0.611. The lowest BCUT2D eigenvalue weighted by Gasteiger charge is -2.29. The predicted molar refractivity (Wildman–Crippen MR) is 93.1 cm³/mol. The zero-order valence-corrected chi connectivity index (χ0v) is 13.7. The first kappa shape index (κ1) is 16.1. The van der Waals surface area contributed by atoms with Crippen LogP contribution in [-0.4, -0.2) is 38.3 Å². The summed E-state index contributed by atoms with van der Waals surface area (Å²) in [6.45, 7) is 3.80. The molecule has 2 aliphatic rings. The minimum absolute atomic E-state index is 0.354. The lowest BCUT2D eigenvalue weighted by molar-refractivity contribution is 0.100. The van der Waals surface area contributed by atoms with Gasteiger partial charge in [-0.05, 0) is 56.7 Å². The van der Waals surface area contributed by atoms with Crippen LogP contribution in [0.1, 0.15) is 48.9 Å². The molecule has 0 bridgehead atoms. The number of benzene rings is 1. The minimum Gasteiger partial charge on any atom is -0.384 e. The third-order valence-corrected chi connectivity index (χ3v) is 4.80. The molecule has 1 aromatic rings. The maximum atomic E-state index is 11.8. The molecule has 1 unspecified atom stereocenters. The van der Waals surface area contributed by atoms with Crippen molar-refractivity contribution in [3.63, 3.8) is 0 Å². The Kier molecular flexibility index (Phi) is 5.39. The van der Waals surface area contributed by atoms with Gasteiger partial charge < -0.3 is 20.7 Å². The SMILES string of the molecule is NC(=O)c1cc(N2CCCCC2)ccc1NCCC1CCCO1. The standard InChI is InChI=1S/C18H27N3O2/c19-18(22)16-13-14(21-10-2-1-3-11-21)6-7-17(16)20-9-8-15-5-4-12-23-15/h6-7,13,15,20H,1-5,8-12H2,(H2,19,22). The van der Waals surface area contributed by atoms with E-state index in [1.54, 1.807) is 0 Å².